The summed E-state index contributed by atoms with van der Waals surface area (Å²) in [5.74, 6) is -1.82. The average Bonchev–Trinajstić information content (AvgIpc) is 3.15. The zero-order valence-electron chi connectivity index (χ0n) is 13.0. The van der Waals surface area contributed by atoms with Crippen LogP contribution in [0.3, 0.4) is 0 Å². The van der Waals surface area contributed by atoms with Crippen LogP contribution >= 0.6 is 0 Å². The third kappa shape index (κ3) is 1.71. The van der Waals surface area contributed by atoms with E-state index in [1.54, 1.807) is 19.1 Å². The van der Waals surface area contributed by atoms with Gasteiger partial charge in [0, 0.05) is 12.1 Å². The maximum atomic E-state index is 12.9. The van der Waals surface area contributed by atoms with Crippen LogP contribution in [-0.2, 0) is 14.3 Å². The molecule has 2 bridgehead atoms. The van der Waals surface area contributed by atoms with Crippen molar-refractivity contribution in [2.24, 2.45) is 11.8 Å². The van der Waals surface area contributed by atoms with E-state index in [0.717, 1.165) is 4.90 Å². The van der Waals surface area contributed by atoms with Crippen LogP contribution in [0, 0.1) is 22.0 Å². The Morgan fingerprint density at radius 1 is 1.33 bits per heavy atom. The number of ether oxygens (including phenoxy) is 2. The van der Waals surface area contributed by atoms with Crippen molar-refractivity contribution in [2.75, 3.05) is 12.0 Å². The van der Waals surface area contributed by atoms with E-state index in [1.807, 2.05) is 0 Å². The summed E-state index contributed by atoms with van der Waals surface area (Å²) in [5.41, 5.74) is -0.934. The number of nitrogens with zero attached hydrogens (tertiary/aromatic N) is 2. The highest BCUT2D eigenvalue weighted by Gasteiger charge is 2.66. The van der Waals surface area contributed by atoms with Gasteiger partial charge < -0.3 is 9.47 Å². The largest absolute Gasteiger partial charge is 0.495 e. The lowest BCUT2D eigenvalue weighted by Gasteiger charge is -2.24. The zero-order valence-corrected chi connectivity index (χ0v) is 13.0. The number of hydrogen-bond donors (Lipinski definition) is 0. The number of carbonyl (C=O) groups is 2. The molecule has 4 rings (SSSR count). The molecule has 24 heavy (non-hydrogen) atoms. The molecular formula is C16H14N2O6. The molecule has 124 valence electrons. The summed E-state index contributed by atoms with van der Waals surface area (Å²) in [6, 6.07) is 3.84. The van der Waals surface area contributed by atoms with Crippen molar-refractivity contribution in [1.82, 2.24) is 0 Å². The van der Waals surface area contributed by atoms with E-state index < -0.39 is 40.3 Å². The number of non-ortho nitro benzene ring substituents is 1. The first-order valence-electron chi connectivity index (χ1n) is 7.45. The molecule has 2 amide bonds. The van der Waals surface area contributed by atoms with Crippen molar-refractivity contribution in [3.8, 4) is 5.75 Å². The van der Waals surface area contributed by atoms with Gasteiger partial charge in [0.1, 0.15) is 11.4 Å². The Bertz CT molecular complexity index is 819. The monoisotopic (exact) mass is 330 g/mol. The number of amides is 2. The lowest BCUT2D eigenvalue weighted by Crippen LogP contribution is -2.38. The minimum absolute atomic E-state index is 0.0964. The average molecular weight is 330 g/mol. The third-order valence-electron chi connectivity index (χ3n) is 4.94. The summed E-state index contributed by atoms with van der Waals surface area (Å²) in [6.45, 7) is 1.77. The number of rotatable bonds is 3. The number of hydrogen-bond acceptors (Lipinski definition) is 6. The first kappa shape index (κ1) is 14.8. The highest BCUT2D eigenvalue weighted by molar-refractivity contribution is 6.24. The summed E-state index contributed by atoms with van der Waals surface area (Å²) < 4.78 is 10.9. The third-order valence-corrected chi connectivity index (χ3v) is 4.94. The first-order chi connectivity index (χ1) is 11.4. The van der Waals surface area contributed by atoms with Gasteiger partial charge in [0.25, 0.3) is 5.69 Å². The Morgan fingerprint density at radius 2 is 2.08 bits per heavy atom. The van der Waals surface area contributed by atoms with Gasteiger partial charge in [0.2, 0.25) is 11.8 Å². The molecule has 3 aliphatic rings. The molecule has 3 heterocycles. The number of benzene rings is 1. The molecule has 0 spiro atoms. The molecular weight excluding hydrogens is 316 g/mol. The van der Waals surface area contributed by atoms with Gasteiger partial charge in [-0.2, -0.15) is 0 Å². The smallest absolute Gasteiger partial charge is 0.271 e. The van der Waals surface area contributed by atoms with E-state index in [-0.39, 0.29) is 17.1 Å². The van der Waals surface area contributed by atoms with Gasteiger partial charge in [-0.05, 0) is 13.0 Å². The van der Waals surface area contributed by atoms with E-state index >= 15 is 0 Å². The van der Waals surface area contributed by atoms with E-state index in [2.05, 4.69) is 0 Å². The van der Waals surface area contributed by atoms with Crippen LogP contribution in [-0.4, -0.2) is 35.6 Å². The molecule has 0 unspecified atom stereocenters. The highest BCUT2D eigenvalue weighted by Crippen LogP contribution is 2.53. The number of fused-ring (bicyclic) bond motifs is 5. The Morgan fingerprint density at radius 3 is 2.71 bits per heavy atom. The normalized spacial score (nSPS) is 33.2. The fraction of sp³-hybridized carbons (Fsp3) is 0.375. The molecule has 2 fully saturated rings. The van der Waals surface area contributed by atoms with Crippen LogP contribution in [0.25, 0.3) is 0 Å². The number of nitro groups is 1. The molecule has 4 atom stereocenters. The maximum absolute atomic E-state index is 12.9. The predicted molar refractivity (Wildman–Crippen MR) is 81.5 cm³/mol. The van der Waals surface area contributed by atoms with Crippen LogP contribution in [0.1, 0.15) is 6.92 Å². The molecule has 2 saturated heterocycles. The van der Waals surface area contributed by atoms with Gasteiger partial charge in [0.15, 0.2) is 0 Å². The first-order valence-corrected chi connectivity index (χ1v) is 7.45. The van der Waals surface area contributed by atoms with Crippen LogP contribution in [0.4, 0.5) is 11.4 Å². The standard InChI is InChI=1S/C16H14N2O6/c1-16-6-5-11(24-16)12-13(16)15(20)17(14(12)19)9-7-8(18(21)22)3-4-10(9)23-2/h3-7,11-13H,1-2H3/t11-,12-,13+,16-/m1/s1. The van der Waals surface area contributed by atoms with Crippen molar-refractivity contribution in [3.63, 3.8) is 0 Å². The number of imide groups is 1. The Labute approximate surface area is 136 Å². The summed E-state index contributed by atoms with van der Waals surface area (Å²) in [6.07, 6.45) is 3.16. The van der Waals surface area contributed by atoms with E-state index in [1.165, 1.54) is 25.3 Å². The van der Waals surface area contributed by atoms with Crippen molar-refractivity contribution < 1.29 is 24.0 Å². The lowest BCUT2D eigenvalue weighted by atomic mass is 9.78. The van der Waals surface area contributed by atoms with Crippen molar-refractivity contribution in [1.29, 1.82) is 0 Å². The molecule has 8 heteroatoms. The summed E-state index contributed by atoms with van der Waals surface area (Å²) >= 11 is 0. The molecule has 0 radical (unpaired) electrons. The van der Waals surface area contributed by atoms with Crippen LogP contribution in [0.5, 0.6) is 5.75 Å². The van der Waals surface area contributed by atoms with Crippen LogP contribution < -0.4 is 9.64 Å². The number of nitro benzene ring substituents is 1. The molecule has 8 nitrogen and oxygen atoms in total. The second-order valence-corrected chi connectivity index (χ2v) is 6.25. The van der Waals surface area contributed by atoms with Gasteiger partial charge in [-0.1, -0.05) is 12.2 Å². The molecule has 0 aromatic heterocycles. The zero-order chi connectivity index (χ0) is 17.2. The quantitative estimate of drug-likeness (QED) is 0.360. The van der Waals surface area contributed by atoms with Gasteiger partial charge in [0.05, 0.1) is 35.6 Å². The van der Waals surface area contributed by atoms with Gasteiger partial charge in [-0.25, -0.2) is 4.90 Å². The highest BCUT2D eigenvalue weighted by atomic mass is 16.6. The predicted octanol–water partition coefficient (Wildman–Crippen LogP) is 1.44. The maximum Gasteiger partial charge on any atom is 0.271 e. The fourth-order valence-electron chi connectivity index (χ4n) is 3.86. The van der Waals surface area contributed by atoms with Gasteiger partial charge in [-0.3, -0.25) is 19.7 Å². The van der Waals surface area contributed by atoms with Crippen LogP contribution in [0.2, 0.25) is 0 Å². The minimum Gasteiger partial charge on any atom is -0.495 e. The Kier molecular flexibility index (Phi) is 2.86. The summed E-state index contributed by atoms with van der Waals surface area (Å²) in [4.78, 5) is 37.2. The number of anilines is 1. The van der Waals surface area contributed by atoms with Crippen molar-refractivity contribution in [2.45, 2.75) is 18.6 Å². The topological polar surface area (TPSA) is 99.0 Å². The number of carbonyl (C=O) groups excluding carboxylic acids is 2. The molecule has 0 saturated carbocycles. The SMILES string of the molecule is COc1ccc([N+](=O)[O-])cc1N1C(=O)[C@H]2[C@@H](C1=O)[C@@]1(C)C=C[C@H]2O1. The summed E-state index contributed by atoms with van der Waals surface area (Å²) in [5, 5.41) is 11.0. The van der Waals surface area contributed by atoms with E-state index in [9.17, 15) is 19.7 Å². The molecule has 0 N–H and O–H groups in total. The lowest BCUT2D eigenvalue weighted by molar-refractivity contribution is -0.384. The molecule has 3 aliphatic heterocycles. The minimum atomic E-state index is -0.815. The molecule has 1 aromatic rings. The van der Waals surface area contributed by atoms with Gasteiger partial charge in [-0.15, -0.1) is 0 Å². The van der Waals surface area contributed by atoms with E-state index in [4.69, 9.17) is 9.47 Å². The second kappa shape index (κ2) is 4.64. The van der Waals surface area contributed by atoms with Crippen molar-refractivity contribution >= 4 is 23.2 Å². The summed E-state index contributed by atoms with van der Waals surface area (Å²) in [7, 11) is 1.38. The van der Waals surface area contributed by atoms with E-state index in [0.29, 0.717) is 0 Å². The van der Waals surface area contributed by atoms with Gasteiger partial charge >= 0.3 is 0 Å². The van der Waals surface area contributed by atoms with Crippen LogP contribution in [0.15, 0.2) is 30.4 Å². The van der Waals surface area contributed by atoms with Crippen molar-refractivity contribution in [3.05, 3.63) is 40.5 Å². The Balaban J connectivity index is 1.82. The Hall–Kier alpha value is -2.74. The second-order valence-electron chi connectivity index (χ2n) is 6.25. The molecule has 1 aromatic carbocycles. The fourth-order valence-corrected chi connectivity index (χ4v) is 3.86. The number of methoxy groups -OCH3 is 1. The molecule has 0 aliphatic carbocycles.